The van der Waals surface area contributed by atoms with Gasteiger partial charge in [-0.1, -0.05) is 6.07 Å². The highest BCUT2D eigenvalue weighted by Gasteiger charge is 2.10. The second kappa shape index (κ2) is 7.86. The van der Waals surface area contributed by atoms with Crippen LogP contribution in [0.5, 0.6) is 5.75 Å². The minimum Gasteiger partial charge on any atom is -0.495 e. The number of nitrogens with one attached hydrogen (secondary N) is 2. The second-order valence-electron chi connectivity index (χ2n) is 6.33. The quantitative estimate of drug-likeness (QED) is 0.703. The molecular weight excluding hydrogens is 340 g/mol. The summed E-state index contributed by atoms with van der Waals surface area (Å²) >= 11 is 0. The van der Waals surface area contributed by atoms with Gasteiger partial charge in [-0.25, -0.2) is 9.97 Å². The van der Waals surface area contributed by atoms with E-state index >= 15 is 0 Å². The second-order valence-corrected chi connectivity index (χ2v) is 6.33. The Morgan fingerprint density at radius 1 is 0.926 bits per heavy atom. The monoisotopic (exact) mass is 362 g/mol. The number of carbonyl (C=O) groups is 1. The number of anilines is 3. The molecule has 0 fully saturated rings. The van der Waals surface area contributed by atoms with Crippen molar-refractivity contribution in [3.63, 3.8) is 0 Å². The third kappa shape index (κ3) is 4.61. The molecule has 0 spiro atoms. The Bertz CT molecular complexity index is 948. The maximum Gasteiger partial charge on any atom is 0.255 e. The Morgan fingerprint density at radius 2 is 1.59 bits per heavy atom. The molecule has 0 bridgehead atoms. The third-order valence-electron chi connectivity index (χ3n) is 3.99. The van der Waals surface area contributed by atoms with Crippen LogP contribution >= 0.6 is 0 Å². The molecule has 6 heteroatoms. The van der Waals surface area contributed by atoms with Gasteiger partial charge in [0.25, 0.3) is 5.91 Å². The highest BCUT2D eigenvalue weighted by atomic mass is 16.5. The molecule has 138 valence electrons. The zero-order valence-corrected chi connectivity index (χ0v) is 15.8. The number of nitrogens with zero attached hydrogens (tertiary/aromatic N) is 2. The molecule has 2 aromatic carbocycles. The third-order valence-corrected chi connectivity index (χ3v) is 3.99. The lowest BCUT2D eigenvalue weighted by Crippen LogP contribution is -2.12. The number of aryl methyl sites for hydroxylation is 3. The lowest BCUT2D eigenvalue weighted by Gasteiger charge is -2.11. The van der Waals surface area contributed by atoms with E-state index < -0.39 is 0 Å². The van der Waals surface area contributed by atoms with E-state index in [1.54, 1.807) is 19.2 Å². The average molecular weight is 362 g/mol. The maximum absolute atomic E-state index is 12.5. The van der Waals surface area contributed by atoms with Crippen molar-refractivity contribution in [2.24, 2.45) is 0 Å². The van der Waals surface area contributed by atoms with Crippen LogP contribution < -0.4 is 15.4 Å². The van der Waals surface area contributed by atoms with E-state index in [0.717, 1.165) is 22.6 Å². The van der Waals surface area contributed by atoms with Gasteiger partial charge in [0, 0.05) is 22.6 Å². The Morgan fingerprint density at radius 3 is 2.22 bits per heavy atom. The number of methoxy groups -OCH3 is 1. The number of aromatic nitrogens is 2. The summed E-state index contributed by atoms with van der Waals surface area (Å²) in [5.74, 6) is 0.960. The molecule has 3 aromatic rings. The van der Waals surface area contributed by atoms with Crippen molar-refractivity contribution in [2.45, 2.75) is 20.8 Å². The summed E-state index contributed by atoms with van der Waals surface area (Å²) in [6, 6.07) is 14.7. The largest absolute Gasteiger partial charge is 0.495 e. The summed E-state index contributed by atoms with van der Waals surface area (Å²) in [4.78, 5) is 21.2. The molecule has 0 aliphatic carbocycles. The van der Waals surface area contributed by atoms with Crippen LogP contribution in [0.3, 0.4) is 0 Å². The molecule has 3 rings (SSSR count). The van der Waals surface area contributed by atoms with Crippen molar-refractivity contribution < 1.29 is 9.53 Å². The zero-order chi connectivity index (χ0) is 19.4. The first-order valence-corrected chi connectivity index (χ1v) is 8.60. The lowest BCUT2D eigenvalue weighted by atomic mass is 10.1. The van der Waals surface area contributed by atoms with Gasteiger partial charge in [0.2, 0.25) is 5.95 Å². The standard InChI is InChI=1S/C21H22N4O2/c1-13-5-10-19(27-4)18(11-13)25-20(26)16-6-8-17(9-7-16)24-21-22-14(2)12-15(3)23-21/h5-12H,1-4H3,(H,25,26)(H,22,23,24). The van der Waals surface area contributed by atoms with E-state index in [1.807, 2.05) is 57.2 Å². The van der Waals surface area contributed by atoms with E-state index in [9.17, 15) is 4.79 Å². The smallest absolute Gasteiger partial charge is 0.255 e. The molecule has 27 heavy (non-hydrogen) atoms. The van der Waals surface area contributed by atoms with Crippen molar-refractivity contribution in [2.75, 3.05) is 17.7 Å². The molecule has 0 radical (unpaired) electrons. The summed E-state index contributed by atoms with van der Waals surface area (Å²) in [5.41, 5.74) is 4.84. The van der Waals surface area contributed by atoms with Crippen molar-refractivity contribution in [1.29, 1.82) is 0 Å². The van der Waals surface area contributed by atoms with Crippen LogP contribution in [0.1, 0.15) is 27.3 Å². The first-order valence-electron chi connectivity index (χ1n) is 8.60. The number of benzene rings is 2. The van der Waals surface area contributed by atoms with Gasteiger partial charge in [-0.15, -0.1) is 0 Å². The van der Waals surface area contributed by atoms with Crippen LogP contribution in [0.15, 0.2) is 48.5 Å². The first-order chi connectivity index (χ1) is 12.9. The van der Waals surface area contributed by atoms with Gasteiger partial charge >= 0.3 is 0 Å². The minimum absolute atomic E-state index is 0.201. The zero-order valence-electron chi connectivity index (χ0n) is 15.8. The van der Waals surface area contributed by atoms with Crippen LogP contribution in [0.25, 0.3) is 0 Å². The van der Waals surface area contributed by atoms with Crippen LogP contribution in [0.2, 0.25) is 0 Å². The van der Waals surface area contributed by atoms with Crippen LogP contribution in [-0.2, 0) is 0 Å². The summed E-state index contributed by atoms with van der Waals surface area (Å²) in [5, 5.41) is 6.05. The lowest BCUT2D eigenvalue weighted by molar-refractivity contribution is 0.102. The van der Waals surface area contributed by atoms with Gasteiger partial charge in [-0.2, -0.15) is 0 Å². The first kappa shape index (κ1) is 18.4. The van der Waals surface area contributed by atoms with Crippen molar-refractivity contribution >= 4 is 23.2 Å². The van der Waals surface area contributed by atoms with Gasteiger partial charge in [-0.3, -0.25) is 4.79 Å². The average Bonchev–Trinajstić information content (AvgIpc) is 2.61. The number of amides is 1. The highest BCUT2D eigenvalue weighted by Crippen LogP contribution is 2.26. The van der Waals surface area contributed by atoms with Crippen LogP contribution in [0.4, 0.5) is 17.3 Å². The number of ether oxygens (including phenoxy) is 1. The van der Waals surface area contributed by atoms with E-state index in [1.165, 1.54) is 0 Å². The van der Waals surface area contributed by atoms with Gasteiger partial charge in [0.15, 0.2) is 0 Å². The molecule has 0 saturated carbocycles. The summed E-state index contributed by atoms with van der Waals surface area (Å²) in [6.45, 7) is 5.81. The Kier molecular flexibility index (Phi) is 5.35. The summed E-state index contributed by atoms with van der Waals surface area (Å²) in [6.07, 6.45) is 0. The fraction of sp³-hybridized carbons (Fsp3) is 0.190. The molecule has 0 aliphatic heterocycles. The predicted octanol–water partition coefficient (Wildman–Crippen LogP) is 4.41. The fourth-order valence-corrected chi connectivity index (χ4v) is 2.73. The fourth-order valence-electron chi connectivity index (χ4n) is 2.73. The minimum atomic E-state index is -0.201. The molecule has 1 aromatic heterocycles. The number of rotatable bonds is 5. The van der Waals surface area contributed by atoms with Gasteiger partial charge in [0.1, 0.15) is 5.75 Å². The van der Waals surface area contributed by atoms with Crippen LogP contribution in [0, 0.1) is 20.8 Å². The molecule has 0 unspecified atom stereocenters. The Balaban J connectivity index is 1.73. The number of carbonyl (C=O) groups excluding carboxylic acids is 1. The Hall–Kier alpha value is -3.41. The predicted molar refractivity (Wildman–Crippen MR) is 107 cm³/mol. The van der Waals surface area contributed by atoms with E-state index in [4.69, 9.17) is 4.74 Å². The van der Waals surface area contributed by atoms with Gasteiger partial charge in [0.05, 0.1) is 12.8 Å². The maximum atomic E-state index is 12.5. The van der Waals surface area contributed by atoms with Gasteiger partial charge < -0.3 is 15.4 Å². The summed E-state index contributed by atoms with van der Waals surface area (Å²) < 4.78 is 5.30. The molecule has 2 N–H and O–H groups in total. The molecule has 1 heterocycles. The van der Waals surface area contributed by atoms with Crippen molar-refractivity contribution in [3.8, 4) is 5.75 Å². The topological polar surface area (TPSA) is 76.1 Å². The Labute approximate surface area is 158 Å². The molecule has 1 amide bonds. The van der Waals surface area contributed by atoms with Crippen LogP contribution in [-0.4, -0.2) is 23.0 Å². The number of hydrogen-bond donors (Lipinski definition) is 2. The normalized spacial score (nSPS) is 10.4. The van der Waals surface area contributed by atoms with Gasteiger partial charge in [-0.05, 0) is 68.8 Å². The van der Waals surface area contributed by atoms with E-state index in [2.05, 4.69) is 20.6 Å². The van der Waals surface area contributed by atoms with E-state index in [0.29, 0.717) is 22.9 Å². The summed E-state index contributed by atoms with van der Waals surface area (Å²) in [7, 11) is 1.58. The van der Waals surface area contributed by atoms with E-state index in [-0.39, 0.29) is 5.91 Å². The molecule has 6 nitrogen and oxygen atoms in total. The highest BCUT2D eigenvalue weighted by molar-refractivity contribution is 6.05. The number of hydrogen-bond acceptors (Lipinski definition) is 5. The van der Waals surface area contributed by atoms with Crippen molar-refractivity contribution in [3.05, 3.63) is 71.0 Å². The molecule has 0 aliphatic rings. The SMILES string of the molecule is COc1ccc(C)cc1NC(=O)c1ccc(Nc2nc(C)cc(C)n2)cc1. The van der Waals surface area contributed by atoms with Crippen molar-refractivity contribution in [1.82, 2.24) is 9.97 Å². The molecule has 0 atom stereocenters. The molecular formula is C21H22N4O2. The molecule has 0 saturated heterocycles.